The first-order valence-corrected chi connectivity index (χ1v) is 6.79. The zero-order valence-electron chi connectivity index (χ0n) is 11.0. The molecule has 1 atom stereocenters. The predicted octanol–water partition coefficient (Wildman–Crippen LogP) is 0.588. The molecule has 0 aromatic carbocycles. The minimum absolute atomic E-state index is 0.00606. The molecule has 2 fully saturated rings. The Morgan fingerprint density at radius 2 is 2.00 bits per heavy atom. The van der Waals surface area contributed by atoms with Gasteiger partial charge in [-0.1, -0.05) is 19.3 Å². The number of carbonyl (C=O) groups is 2. The molecule has 18 heavy (non-hydrogen) atoms. The Hall–Kier alpha value is -1.10. The third-order valence-corrected chi connectivity index (χ3v) is 4.08. The van der Waals surface area contributed by atoms with Crippen LogP contribution in [0.3, 0.4) is 0 Å². The molecule has 1 heterocycles. The highest BCUT2D eigenvalue weighted by atomic mass is 16.5. The van der Waals surface area contributed by atoms with Crippen LogP contribution in [0.15, 0.2) is 0 Å². The van der Waals surface area contributed by atoms with Gasteiger partial charge in [-0.2, -0.15) is 0 Å². The molecule has 0 aromatic rings. The van der Waals surface area contributed by atoms with Crippen LogP contribution in [0.25, 0.3) is 0 Å². The van der Waals surface area contributed by atoms with Crippen LogP contribution >= 0.6 is 0 Å². The monoisotopic (exact) mass is 254 g/mol. The van der Waals surface area contributed by atoms with E-state index in [0.29, 0.717) is 19.4 Å². The molecule has 0 aromatic heterocycles. The van der Waals surface area contributed by atoms with Crippen LogP contribution in [0, 0.1) is 5.92 Å². The van der Waals surface area contributed by atoms with E-state index in [1.54, 1.807) is 0 Å². The SMILES string of the molecule is COC(=O)C1(NC(=O)C2CCNC2)CCCCC1. The summed E-state index contributed by atoms with van der Waals surface area (Å²) < 4.78 is 4.89. The van der Waals surface area contributed by atoms with Crippen molar-refractivity contribution in [3.8, 4) is 0 Å². The number of carbonyl (C=O) groups excluding carboxylic acids is 2. The summed E-state index contributed by atoms with van der Waals surface area (Å²) in [6, 6.07) is 0. The molecule has 0 radical (unpaired) electrons. The second-order valence-corrected chi connectivity index (χ2v) is 5.31. The van der Waals surface area contributed by atoms with E-state index in [2.05, 4.69) is 10.6 Å². The summed E-state index contributed by atoms with van der Waals surface area (Å²) in [5, 5.41) is 6.14. The molecule has 1 amide bonds. The van der Waals surface area contributed by atoms with Crippen LogP contribution in [0.4, 0.5) is 0 Å². The molecule has 2 N–H and O–H groups in total. The van der Waals surface area contributed by atoms with E-state index < -0.39 is 5.54 Å². The van der Waals surface area contributed by atoms with Gasteiger partial charge >= 0.3 is 5.97 Å². The third kappa shape index (κ3) is 2.66. The molecule has 0 bridgehead atoms. The van der Waals surface area contributed by atoms with Gasteiger partial charge in [0.2, 0.25) is 5.91 Å². The molecule has 1 saturated heterocycles. The molecule has 1 aliphatic carbocycles. The molecule has 5 nitrogen and oxygen atoms in total. The average Bonchev–Trinajstić information content (AvgIpc) is 2.93. The normalized spacial score (nSPS) is 26.6. The third-order valence-electron chi connectivity index (χ3n) is 4.08. The van der Waals surface area contributed by atoms with Gasteiger partial charge in [0.15, 0.2) is 0 Å². The number of hydrogen-bond acceptors (Lipinski definition) is 4. The fraction of sp³-hybridized carbons (Fsp3) is 0.846. The highest BCUT2D eigenvalue weighted by Gasteiger charge is 2.43. The van der Waals surface area contributed by atoms with Gasteiger partial charge in [-0.25, -0.2) is 4.79 Å². The number of nitrogens with one attached hydrogen (secondary N) is 2. The van der Waals surface area contributed by atoms with Crippen LogP contribution in [0.5, 0.6) is 0 Å². The summed E-state index contributed by atoms with van der Waals surface area (Å²) in [6.07, 6.45) is 5.32. The van der Waals surface area contributed by atoms with Crippen molar-refractivity contribution in [2.45, 2.75) is 44.1 Å². The topological polar surface area (TPSA) is 67.4 Å². The van der Waals surface area contributed by atoms with E-state index >= 15 is 0 Å². The van der Waals surface area contributed by atoms with Gasteiger partial charge in [0.05, 0.1) is 13.0 Å². The van der Waals surface area contributed by atoms with Crippen molar-refractivity contribution in [1.82, 2.24) is 10.6 Å². The minimum atomic E-state index is -0.771. The summed E-state index contributed by atoms with van der Waals surface area (Å²) in [5.74, 6) is -0.303. The Bertz CT molecular complexity index is 318. The first-order chi connectivity index (χ1) is 8.68. The second-order valence-electron chi connectivity index (χ2n) is 5.31. The van der Waals surface area contributed by atoms with Crippen LogP contribution in [-0.4, -0.2) is 37.6 Å². The van der Waals surface area contributed by atoms with E-state index in [-0.39, 0.29) is 17.8 Å². The highest BCUT2D eigenvalue weighted by Crippen LogP contribution is 2.30. The maximum atomic E-state index is 12.2. The number of esters is 1. The lowest BCUT2D eigenvalue weighted by Crippen LogP contribution is -2.57. The second kappa shape index (κ2) is 5.69. The van der Waals surface area contributed by atoms with Crippen molar-refractivity contribution in [2.75, 3.05) is 20.2 Å². The Labute approximate surface area is 108 Å². The Morgan fingerprint density at radius 1 is 1.28 bits per heavy atom. The smallest absolute Gasteiger partial charge is 0.331 e. The first kappa shape index (κ1) is 13.3. The van der Waals surface area contributed by atoms with Crippen molar-refractivity contribution in [2.24, 2.45) is 5.92 Å². The Morgan fingerprint density at radius 3 is 2.56 bits per heavy atom. The first-order valence-electron chi connectivity index (χ1n) is 6.79. The van der Waals surface area contributed by atoms with Crippen molar-refractivity contribution in [3.63, 3.8) is 0 Å². The molecular formula is C13H22N2O3. The molecule has 1 saturated carbocycles. The van der Waals surface area contributed by atoms with E-state index in [1.807, 2.05) is 0 Å². The van der Waals surface area contributed by atoms with E-state index in [0.717, 1.165) is 32.2 Å². The van der Waals surface area contributed by atoms with Gasteiger partial charge in [0, 0.05) is 6.54 Å². The predicted molar refractivity (Wildman–Crippen MR) is 67.0 cm³/mol. The van der Waals surface area contributed by atoms with E-state index in [1.165, 1.54) is 7.11 Å². The number of ether oxygens (including phenoxy) is 1. The van der Waals surface area contributed by atoms with Crippen LogP contribution in [-0.2, 0) is 14.3 Å². The van der Waals surface area contributed by atoms with Crippen molar-refractivity contribution < 1.29 is 14.3 Å². The quantitative estimate of drug-likeness (QED) is 0.723. The van der Waals surface area contributed by atoms with Gasteiger partial charge in [-0.05, 0) is 25.8 Å². The summed E-state index contributed by atoms with van der Waals surface area (Å²) in [5.41, 5.74) is -0.771. The van der Waals surface area contributed by atoms with Crippen molar-refractivity contribution in [3.05, 3.63) is 0 Å². The van der Waals surface area contributed by atoms with Crippen LogP contribution < -0.4 is 10.6 Å². The number of methoxy groups -OCH3 is 1. The molecule has 2 rings (SSSR count). The lowest BCUT2D eigenvalue weighted by molar-refractivity contribution is -0.153. The molecule has 102 valence electrons. The molecule has 2 aliphatic rings. The average molecular weight is 254 g/mol. The Balaban J connectivity index is 2.04. The maximum absolute atomic E-state index is 12.2. The zero-order valence-corrected chi connectivity index (χ0v) is 11.0. The lowest BCUT2D eigenvalue weighted by atomic mass is 9.81. The standard InChI is InChI=1S/C13H22N2O3/c1-18-12(17)13(6-3-2-4-7-13)15-11(16)10-5-8-14-9-10/h10,14H,2-9H2,1H3,(H,15,16). The number of rotatable bonds is 3. The van der Waals surface area contributed by atoms with Gasteiger partial charge < -0.3 is 15.4 Å². The fourth-order valence-corrected chi connectivity index (χ4v) is 2.95. The van der Waals surface area contributed by atoms with Crippen LogP contribution in [0.2, 0.25) is 0 Å². The summed E-state index contributed by atoms with van der Waals surface area (Å²) in [4.78, 5) is 24.2. The van der Waals surface area contributed by atoms with Crippen LogP contribution in [0.1, 0.15) is 38.5 Å². The summed E-state index contributed by atoms with van der Waals surface area (Å²) >= 11 is 0. The largest absolute Gasteiger partial charge is 0.467 e. The molecular weight excluding hydrogens is 232 g/mol. The van der Waals surface area contributed by atoms with Gasteiger partial charge in [-0.3, -0.25) is 4.79 Å². The minimum Gasteiger partial charge on any atom is -0.467 e. The number of amides is 1. The van der Waals surface area contributed by atoms with E-state index in [4.69, 9.17) is 4.74 Å². The Kier molecular flexibility index (Phi) is 4.22. The molecule has 5 heteroatoms. The molecule has 1 aliphatic heterocycles. The van der Waals surface area contributed by atoms with Crippen molar-refractivity contribution in [1.29, 1.82) is 0 Å². The number of hydrogen-bond donors (Lipinski definition) is 2. The summed E-state index contributed by atoms with van der Waals surface area (Å²) in [6.45, 7) is 1.59. The maximum Gasteiger partial charge on any atom is 0.331 e. The lowest BCUT2D eigenvalue weighted by Gasteiger charge is -2.35. The van der Waals surface area contributed by atoms with Crippen molar-refractivity contribution >= 4 is 11.9 Å². The van der Waals surface area contributed by atoms with Gasteiger partial charge in [-0.15, -0.1) is 0 Å². The summed E-state index contributed by atoms with van der Waals surface area (Å²) in [7, 11) is 1.39. The molecule has 1 unspecified atom stereocenters. The molecule has 0 spiro atoms. The van der Waals surface area contributed by atoms with Gasteiger partial charge in [0.1, 0.15) is 5.54 Å². The van der Waals surface area contributed by atoms with Gasteiger partial charge in [0.25, 0.3) is 0 Å². The fourth-order valence-electron chi connectivity index (χ4n) is 2.95. The zero-order chi connectivity index (χ0) is 13.0. The van der Waals surface area contributed by atoms with E-state index in [9.17, 15) is 9.59 Å². The highest BCUT2D eigenvalue weighted by molar-refractivity contribution is 5.89.